The smallest absolute Gasteiger partial charge is 0.330 e. The summed E-state index contributed by atoms with van der Waals surface area (Å²) in [4.78, 5) is 22.0. The highest BCUT2D eigenvalue weighted by molar-refractivity contribution is 7.89. The maximum Gasteiger partial charge on any atom is 0.330 e. The van der Waals surface area contributed by atoms with Gasteiger partial charge in [0.05, 0.1) is 15.5 Å². The summed E-state index contributed by atoms with van der Waals surface area (Å²) >= 11 is 0. The Morgan fingerprint density at radius 2 is 1.67 bits per heavy atom. The standard InChI is InChI=1S/C25H22N2O8S/c1-34-25(35-2)24-20-13-8-17(16-6-4-3-5-7-16)14-21(20)22(15-23(28)29)26(24)36(32,33)19-11-9-18(10-12-19)27(30)31/h3-15,24-25H,1-2H3,(H,28,29). The zero-order valence-electron chi connectivity index (χ0n) is 19.3. The molecule has 0 fully saturated rings. The summed E-state index contributed by atoms with van der Waals surface area (Å²) in [5.41, 5.74) is 2.12. The molecule has 36 heavy (non-hydrogen) atoms. The molecule has 0 radical (unpaired) electrons. The number of nitrogens with zero attached hydrogens (tertiary/aromatic N) is 2. The van der Waals surface area contributed by atoms with Crippen LogP contribution in [0.5, 0.6) is 0 Å². The number of hydrogen-bond donors (Lipinski definition) is 1. The second kappa shape index (κ2) is 9.90. The molecule has 1 heterocycles. The van der Waals surface area contributed by atoms with Crippen molar-refractivity contribution in [1.29, 1.82) is 0 Å². The van der Waals surface area contributed by atoms with Gasteiger partial charge in [-0.05, 0) is 34.9 Å². The first-order valence-corrected chi connectivity index (χ1v) is 12.1. The fourth-order valence-electron chi connectivity index (χ4n) is 4.24. The van der Waals surface area contributed by atoms with Crippen LogP contribution in [0.2, 0.25) is 0 Å². The van der Waals surface area contributed by atoms with Crippen LogP contribution >= 0.6 is 0 Å². The minimum atomic E-state index is -4.42. The van der Waals surface area contributed by atoms with Crippen LogP contribution in [0, 0.1) is 10.1 Å². The Morgan fingerprint density at radius 1 is 1.03 bits per heavy atom. The molecule has 1 aliphatic heterocycles. The molecule has 10 nitrogen and oxygen atoms in total. The molecule has 3 aromatic rings. The molecule has 4 rings (SSSR count). The van der Waals surface area contributed by atoms with Crippen LogP contribution in [0.4, 0.5) is 5.69 Å². The molecule has 1 unspecified atom stereocenters. The van der Waals surface area contributed by atoms with E-state index < -0.39 is 33.2 Å². The van der Waals surface area contributed by atoms with E-state index in [1.165, 1.54) is 14.2 Å². The predicted molar refractivity (Wildman–Crippen MR) is 130 cm³/mol. The first-order chi connectivity index (χ1) is 17.2. The second-order valence-electron chi connectivity index (χ2n) is 7.87. The number of carboxylic acids is 1. The lowest BCUT2D eigenvalue weighted by atomic mass is 9.97. The van der Waals surface area contributed by atoms with Gasteiger partial charge in [0.1, 0.15) is 6.04 Å². The van der Waals surface area contributed by atoms with Gasteiger partial charge in [0.2, 0.25) is 0 Å². The van der Waals surface area contributed by atoms with Gasteiger partial charge in [0.25, 0.3) is 15.7 Å². The minimum absolute atomic E-state index is 0.0854. The van der Waals surface area contributed by atoms with Crippen molar-refractivity contribution in [3.8, 4) is 11.1 Å². The summed E-state index contributed by atoms with van der Waals surface area (Å²) in [6.45, 7) is 0. The third-order valence-corrected chi connectivity index (χ3v) is 7.64. The Kier molecular flexibility index (Phi) is 6.88. The van der Waals surface area contributed by atoms with Gasteiger partial charge in [-0.1, -0.05) is 42.5 Å². The number of nitro benzene ring substituents is 1. The first kappa shape index (κ1) is 25.0. The molecule has 1 N–H and O–H groups in total. The zero-order valence-corrected chi connectivity index (χ0v) is 20.1. The average molecular weight is 511 g/mol. The molecule has 11 heteroatoms. The Labute approximate surface area is 207 Å². The largest absolute Gasteiger partial charge is 0.478 e. The van der Waals surface area contributed by atoms with Gasteiger partial charge in [-0.15, -0.1) is 0 Å². The molecule has 0 saturated heterocycles. The minimum Gasteiger partial charge on any atom is -0.478 e. The number of ether oxygens (including phenoxy) is 2. The summed E-state index contributed by atoms with van der Waals surface area (Å²) in [7, 11) is -1.72. The number of rotatable bonds is 8. The fourth-order valence-corrected chi connectivity index (χ4v) is 5.87. The van der Waals surface area contributed by atoms with Crippen LogP contribution in [-0.2, 0) is 24.3 Å². The van der Waals surface area contributed by atoms with Crippen LogP contribution < -0.4 is 0 Å². The normalized spacial score (nSPS) is 16.4. The number of benzene rings is 3. The van der Waals surface area contributed by atoms with Crippen LogP contribution in [-0.4, -0.2) is 49.2 Å². The van der Waals surface area contributed by atoms with Crippen molar-refractivity contribution in [3.63, 3.8) is 0 Å². The summed E-state index contributed by atoms with van der Waals surface area (Å²) in [5.74, 6) is -1.35. The van der Waals surface area contributed by atoms with Crippen molar-refractivity contribution < 1.29 is 32.7 Å². The summed E-state index contributed by atoms with van der Waals surface area (Å²) in [6, 6.07) is 17.9. The van der Waals surface area contributed by atoms with Crippen molar-refractivity contribution in [3.05, 3.63) is 100 Å². The second-order valence-corrected chi connectivity index (χ2v) is 9.69. The molecular weight excluding hydrogens is 488 g/mol. The van der Waals surface area contributed by atoms with Crippen LogP contribution in [0.3, 0.4) is 0 Å². The van der Waals surface area contributed by atoms with Gasteiger partial charge >= 0.3 is 5.97 Å². The topological polar surface area (TPSA) is 136 Å². The summed E-state index contributed by atoms with van der Waals surface area (Å²) in [6.07, 6.45) is -0.266. The molecule has 0 bridgehead atoms. The maximum atomic E-state index is 13.9. The number of sulfonamides is 1. The predicted octanol–water partition coefficient (Wildman–Crippen LogP) is 4.05. The van der Waals surface area contributed by atoms with Crippen LogP contribution in [0.25, 0.3) is 16.8 Å². The number of carboxylic acid groups (broad SMARTS) is 1. The van der Waals surface area contributed by atoms with E-state index in [4.69, 9.17) is 9.47 Å². The molecular formula is C25H22N2O8S. The summed E-state index contributed by atoms with van der Waals surface area (Å²) < 4.78 is 39.6. The number of nitro groups is 1. The first-order valence-electron chi connectivity index (χ1n) is 10.7. The Hall–Kier alpha value is -4.06. The lowest BCUT2D eigenvalue weighted by Crippen LogP contribution is -2.37. The molecule has 0 amide bonds. The van der Waals surface area contributed by atoms with Gasteiger partial charge in [-0.2, -0.15) is 0 Å². The molecule has 186 valence electrons. The van der Waals surface area contributed by atoms with Gasteiger partial charge in [-0.3, -0.25) is 14.4 Å². The van der Waals surface area contributed by atoms with Gasteiger partial charge in [-0.25, -0.2) is 13.2 Å². The lowest BCUT2D eigenvalue weighted by molar-refractivity contribution is -0.384. The molecule has 3 aromatic carbocycles. The van der Waals surface area contributed by atoms with Crippen molar-refractivity contribution in [1.82, 2.24) is 4.31 Å². The van der Waals surface area contributed by atoms with E-state index in [1.54, 1.807) is 12.1 Å². The molecule has 0 aromatic heterocycles. The molecule has 0 saturated carbocycles. The lowest BCUT2D eigenvalue weighted by Gasteiger charge is -2.31. The maximum absolute atomic E-state index is 13.9. The number of carbonyl (C=O) groups is 1. The van der Waals surface area contributed by atoms with Crippen molar-refractivity contribution >= 4 is 27.4 Å². The third kappa shape index (κ3) is 4.47. The highest BCUT2D eigenvalue weighted by Crippen LogP contribution is 2.48. The third-order valence-electron chi connectivity index (χ3n) is 5.83. The van der Waals surface area contributed by atoms with E-state index in [1.807, 2.05) is 36.4 Å². The number of hydrogen-bond acceptors (Lipinski definition) is 7. The van der Waals surface area contributed by atoms with Crippen molar-refractivity contribution in [2.24, 2.45) is 0 Å². The number of non-ortho nitro benzene ring substituents is 1. The Morgan fingerprint density at radius 3 is 2.22 bits per heavy atom. The van der Waals surface area contributed by atoms with E-state index in [-0.39, 0.29) is 16.3 Å². The fraction of sp³-hybridized carbons (Fsp3) is 0.160. The van der Waals surface area contributed by atoms with E-state index in [0.29, 0.717) is 11.1 Å². The monoisotopic (exact) mass is 510 g/mol. The van der Waals surface area contributed by atoms with Crippen molar-refractivity contribution in [2.75, 3.05) is 14.2 Å². The number of fused-ring (bicyclic) bond motifs is 1. The van der Waals surface area contributed by atoms with Gasteiger partial charge < -0.3 is 14.6 Å². The van der Waals surface area contributed by atoms with Gasteiger partial charge in [0, 0.05) is 38.0 Å². The van der Waals surface area contributed by atoms with E-state index in [2.05, 4.69) is 0 Å². The molecule has 0 aliphatic carbocycles. The number of aliphatic carboxylic acids is 1. The number of methoxy groups -OCH3 is 2. The van der Waals surface area contributed by atoms with Gasteiger partial charge in [0.15, 0.2) is 6.29 Å². The highest BCUT2D eigenvalue weighted by atomic mass is 32.2. The molecule has 1 aliphatic rings. The van der Waals surface area contributed by atoms with Crippen molar-refractivity contribution in [2.45, 2.75) is 17.2 Å². The van der Waals surface area contributed by atoms with Crippen LogP contribution in [0.15, 0.2) is 83.8 Å². The zero-order chi connectivity index (χ0) is 26.0. The quantitative estimate of drug-likeness (QED) is 0.207. The van der Waals surface area contributed by atoms with E-state index in [9.17, 15) is 28.4 Å². The molecule has 1 atom stereocenters. The van der Waals surface area contributed by atoms with Crippen LogP contribution in [0.1, 0.15) is 17.2 Å². The van der Waals surface area contributed by atoms with E-state index in [0.717, 1.165) is 45.8 Å². The molecule has 0 spiro atoms. The Bertz CT molecular complexity index is 1430. The average Bonchev–Trinajstić information content (AvgIpc) is 3.19. The SMILES string of the molecule is COC(OC)C1c2ccc(-c3ccccc3)cc2C(=CC(=O)O)N1S(=O)(=O)c1ccc([N+](=O)[O-])cc1. The highest BCUT2D eigenvalue weighted by Gasteiger charge is 2.46. The summed E-state index contributed by atoms with van der Waals surface area (Å²) in [5, 5.41) is 20.7. The Balaban J connectivity index is 1.95. The van der Waals surface area contributed by atoms with E-state index >= 15 is 0 Å².